The van der Waals surface area contributed by atoms with Crippen LogP contribution in [0, 0.1) is 6.92 Å². The van der Waals surface area contributed by atoms with E-state index in [1.165, 1.54) is 0 Å². The Morgan fingerprint density at radius 2 is 2.38 bits per heavy atom. The van der Waals surface area contributed by atoms with Gasteiger partial charge in [0.15, 0.2) is 0 Å². The molecular weight excluding hydrogens is 204 g/mol. The van der Waals surface area contributed by atoms with Crippen molar-refractivity contribution in [1.82, 2.24) is 14.7 Å². The van der Waals surface area contributed by atoms with Gasteiger partial charge in [-0.1, -0.05) is 0 Å². The number of nitrogen functional groups attached to an aromatic ring is 1. The second kappa shape index (κ2) is 4.84. The number of hydrogen-bond acceptors (Lipinski definition) is 4. The van der Waals surface area contributed by atoms with Crippen molar-refractivity contribution in [2.45, 2.75) is 26.5 Å². The van der Waals surface area contributed by atoms with E-state index in [1.807, 2.05) is 11.6 Å². The largest absolute Gasteiger partial charge is 0.396 e. The fourth-order valence-corrected chi connectivity index (χ4v) is 2.02. The van der Waals surface area contributed by atoms with Gasteiger partial charge in [0.05, 0.1) is 36.8 Å². The van der Waals surface area contributed by atoms with Crippen LogP contribution in [0.5, 0.6) is 0 Å². The maximum Gasteiger partial charge on any atom is 0.0730 e. The van der Waals surface area contributed by atoms with Gasteiger partial charge in [-0.15, -0.1) is 0 Å². The highest BCUT2D eigenvalue weighted by molar-refractivity contribution is 5.39. The van der Waals surface area contributed by atoms with E-state index in [2.05, 4.69) is 16.9 Å². The van der Waals surface area contributed by atoms with Crippen molar-refractivity contribution in [3.05, 3.63) is 11.9 Å². The Morgan fingerprint density at radius 3 is 3.00 bits per heavy atom. The van der Waals surface area contributed by atoms with Gasteiger partial charge in [0.2, 0.25) is 0 Å². The van der Waals surface area contributed by atoms with Gasteiger partial charge in [-0.2, -0.15) is 5.10 Å². The quantitative estimate of drug-likeness (QED) is 0.812. The van der Waals surface area contributed by atoms with E-state index in [0.717, 1.165) is 44.2 Å². The average molecular weight is 224 g/mol. The lowest BCUT2D eigenvalue weighted by atomic mass is 10.3. The predicted molar refractivity (Wildman–Crippen MR) is 63.2 cm³/mol. The number of ether oxygens (including phenoxy) is 1. The average Bonchev–Trinajstić information content (AvgIpc) is 2.57. The van der Waals surface area contributed by atoms with E-state index in [9.17, 15) is 0 Å². The first-order valence-corrected chi connectivity index (χ1v) is 5.78. The van der Waals surface area contributed by atoms with Gasteiger partial charge >= 0.3 is 0 Å². The summed E-state index contributed by atoms with van der Waals surface area (Å²) in [5, 5.41) is 4.25. The molecule has 1 aliphatic rings. The highest BCUT2D eigenvalue weighted by atomic mass is 16.5. The zero-order chi connectivity index (χ0) is 11.5. The Morgan fingerprint density at radius 1 is 1.56 bits per heavy atom. The molecule has 0 saturated carbocycles. The summed E-state index contributed by atoms with van der Waals surface area (Å²) in [6, 6.07) is 0. The second-order valence-electron chi connectivity index (χ2n) is 4.39. The van der Waals surface area contributed by atoms with Gasteiger partial charge in [-0.05, 0) is 13.8 Å². The van der Waals surface area contributed by atoms with Crippen molar-refractivity contribution in [3.8, 4) is 0 Å². The Labute approximate surface area is 96.2 Å². The normalized spacial score (nSPS) is 22.5. The molecule has 2 heterocycles. The summed E-state index contributed by atoms with van der Waals surface area (Å²) in [6.45, 7) is 8.89. The Hall–Kier alpha value is -1.07. The van der Waals surface area contributed by atoms with Crippen LogP contribution in [0.1, 0.15) is 12.6 Å². The summed E-state index contributed by atoms with van der Waals surface area (Å²) < 4.78 is 7.47. The standard InChI is InChI=1S/C11H20N4O/c1-9-8-14(5-6-16-9)3-4-15-10(2)11(12)7-13-15/h7,9H,3-6,8,12H2,1-2H3/t9-/m1/s1. The van der Waals surface area contributed by atoms with E-state index in [4.69, 9.17) is 10.5 Å². The highest BCUT2D eigenvalue weighted by Crippen LogP contribution is 2.09. The predicted octanol–water partition coefficient (Wildman–Crippen LogP) is 0.494. The topological polar surface area (TPSA) is 56.3 Å². The second-order valence-corrected chi connectivity index (χ2v) is 4.39. The summed E-state index contributed by atoms with van der Waals surface area (Å²) in [4.78, 5) is 2.41. The van der Waals surface area contributed by atoms with Gasteiger partial charge < -0.3 is 10.5 Å². The first kappa shape index (κ1) is 11.4. The molecule has 0 spiro atoms. The maximum atomic E-state index is 5.75. The minimum atomic E-state index is 0.345. The third kappa shape index (κ3) is 2.54. The molecule has 0 aliphatic carbocycles. The molecule has 0 unspecified atom stereocenters. The van der Waals surface area contributed by atoms with Crippen LogP contribution in [0.2, 0.25) is 0 Å². The molecule has 1 fully saturated rings. The molecule has 90 valence electrons. The van der Waals surface area contributed by atoms with Gasteiger partial charge in [0.25, 0.3) is 0 Å². The van der Waals surface area contributed by atoms with E-state index in [1.54, 1.807) is 6.20 Å². The first-order chi connectivity index (χ1) is 7.66. The number of aromatic nitrogens is 2. The van der Waals surface area contributed by atoms with Crippen molar-refractivity contribution >= 4 is 5.69 Å². The summed E-state index contributed by atoms with van der Waals surface area (Å²) in [7, 11) is 0. The van der Waals surface area contributed by atoms with Crippen LogP contribution in [-0.4, -0.2) is 47.0 Å². The number of nitrogens with two attached hydrogens (primary N) is 1. The van der Waals surface area contributed by atoms with E-state index in [0.29, 0.717) is 6.10 Å². The molecule has 5 nitrogen and oxygen atoms in total. The molecule has 5 heteroatoms. The zero-order valence-corrected chi connectivity index (χ0v) is 10.0. The lowest BCUT2D eigenvalue weighted by Gasteiger charge is -2.31. The SMILES string of the molecule is Cc1c(N)cnn1CCN1CCO[C@H](C)C1. The monoisotopic (exact) mass is 224 g/mol. The molecule has 2 N–H and O–H groups in total. The van der Waals surface area contributed by atoms with Gasteiger partial charge in [-0.3, -0.25) is 9.58 Å². The number of anilines is 1. The van der Waals surface area contributed by atoms with Crippen LogP contribution in [0.4, 0.5) is 5.69 Å². The van der Waals surface area contributed by atoms with Crippen molar-refractivity contribution in [2.75, 3.05) is 32.0 Å². The zero-order valence-electron chi connectivity index (χ0n) is 10.0. The third-order valence-corrected chi connectivity index (χ3v) is 3.09. The fraction of sp³-hybridized carbons (Fsp3) is 0.727. The van der Waals surface area contributed by atoms with Crippen LogP contribution in [0.3, 0.4) is 0 Å². The maximum absolute atomic E-state index is 5.75. The third-order valence-electron chi connectivity index (χ3n) is 3.09. The molecule has 1 aliphatic heterocycles. The van der Waals surface area contributed by atoms with Crippen LogP contribution in [0.15, 0.2) is 6.20 Å². The van der Waals surface area contributed by atoms with Crippen molar-refractivity contribution < 1.29 is 4.74 Å². The molecule has 0 radical (unpaired) electrons. The minimum Gasteiger partial charge on any atom is -0.396 e. The Bertz CT molecular complexity index is 350. The lowest BCUT2D eigenvalue weighted by molar-refractivity contribution is -0.0194. The molecule has 1 atom stereocenters. The van der Waals surface area contributed by atoms with Gasteiger partial charge in [0.1, 0.15) is 0 Å². The van der Waals surface area contributed by atoms with Crippen LogP contribution in [0.25, 0.3) is 0 Å². The van der Waals surface area contributed by atoms with Crippen LogP contribution >= 0.6 is 0 Å². The summed E-state index contributed by atoms with van der Waals surface area (Å²) in [5.74, 6) is 0. The molecule has 0 amide bonds. The fourth-order valence-electron chi connectivity index (χ4n) is 2.02. The molecule has 0 aromatic carbocycles. The van der Waals surface area contributed by atoms with Crippen molar-refractivity contribution in [3.63, 3.8) is 0 Å². The van der Waals surface area contributed by atoms with Crippen LogP contribution in [-0.2, 0) is 11.3 Å². The molecule has 1 aromatic heterocycles. The smallest absolute Gasteiger partial charge is 0.0730 e. The number of nitrogens with zero attached hydrogens (tertiary/aromatic N) is 3. The van der Waals surface area contributed by atoms with Crippen LogP contribution < -0.4 is 5.73 Å². The van der Waals surface area contributed by atoms with Gasteiger partial charge in [0, 0.05) is 19.6 Å². The van der Waals surface area contributed by atoms with E-state index >= 15 is 0 Å². The molecule has 0 bridgehead atoms. The summed E-state index contributed by atoms with van der Waals surface area (Å²) in [6.07, 6.45) is 2.06. The van der Waals surface area contributed by atoms with Crippen molar-refractivity contribution in [1.29, 1.82) is 0 Å². The Kier molecular flexibility index (Phi) is 3.46. The van der Waals surface area contributed by atoms with E-state index in [-0.39, 0.29) is 0 Å². The molecule has 1 aromatic rings. The minimum absolute atomic E-state index is 0.345. The number of morpholine rings is 1. The molecular formula is C11H20N4O. The first-order valence-electron chi connectivity index (χ1n) is 5.78. The highest BCUT2D eigenvalue weighted by Gasteiger charge is 2.16. The van der Waals surface area contributed by atoms with E-state index < -0.39 is 0 Å². The van der Waals surface area contributed by atoms with Gasteiger partial charge in [-0.25, -0.2) is 0 Å². The lowest BCUT2D eigenvalue weighted by Crippen LogP contribution is -2.42. The molecule has 1 saturated heterocycles. The number of rotatable bonds is 3. The summed E-state index contributed by atoms with van der Waals surface area (Å²) in [5.41, 5.74) is 7.58. The molecule has 16 heavy (non-hydrogen) atoms. The summed E-state index contributed by atoms with van der Waals surface area (Å²) >= 11 is 0. The van der Waals surface area contributed by atoms with Crippen molar-refractivity contribution in [2.24, 2.45) is 0 Å². The molecule has 2 rings (SSSR count). The Balaban J connectivity index is 1.85. The number of hydrogen-bond donors (Lipinski definition) is 1.